The van der Waals surface area contributed by atoms with Crippen LogP contribution < -0.4 is 16.0 Å². The highest BCUT2D eigenvalue weighted by Crippen LogP contribution is 2.36. The van der Waals surface area contributed by atoms with E-state index < -0.39 is 5.97 Å². The van der Waals surface area contributed by atoms with Crippen LogP contribution in [0.2, 0.25) is 0 Å². The molecule has 0 bridgehead atoms. The molecule has 4 rings (SSSR count). The largest absolute Gasteiger partial charge is 0.477 e. The predicted octanol–water partition coefficient (Wildman–Crippen LogP) is 5.20. The summed E-state index contributed by atoms with van der Waals surface area (Å²) < 4.78 is 0. The van der Waals surface area contributed by atoms with Crippen LogP contribution in [0.25, 0.3) is 16.5 Å². The molecule has 1 aliphatic rings. The molecule has 7 heteroatoms. The zero-order chi connectivity index (χ0) is 24.1. The number of carbonyl (C=O) groups is 1. The molecule has 0 radical (unpaired) electrons. The number of carboxylic acids is 1. The average molecular weight is 470 g/mol. The number of aliphatic carboxylic acids is 1. The minimum absolute atomic E-state index is 0.275. The van der Waals surface area contributed by atoms with Crippen LogP contribution in [0, 0.1) is 11.3 Å². The van der Waals surface area contributed by atoms with Gasteiger partial charge in [-0.15, -0.1) is 11.3 Å². The average Bonchev–Trinajstić information content (AvgIpc) is 3.32. The van der Waals surface area contributed by atoms with Crippen LogP contribution in [-0.2, 0) is 4.79 Å². The van der Waals surface area contributed by atoms with Crippen molar-refractivity contribution in [1.82, 2.24) is 5.32 Å². The van der Waals surface area contributed by atoms with Gasteiger partial charge in [-0.2, -0.15) is 5.26 Å². The Bertz CT molecular complexity index is 1340. The smallest absolute Gasteiger partial charge is 0.346 e. The van der Waals surface area contributed by atoms with Gasteiger partial charge in [0.15, 0.2) is 0 Å². The number of thiophene rings is 1. The number of nitrogens with one attached hydrogen (secondary N) is 1. The minimum Gasteiger partial charge on any atom is -0.477 e. The molecule has 0 atom stereocenters. The van der Waals surface area contributed by atoms with Gasteiger partial charge in [0.25, 0.3) is 0 Å². The van der Waals surface area contributed by atoms with Crippen molar-refractivity contribution >= 4 is 40.4 Å². The van der Waals surface area contributed by atoms with E-state index in [1.165, 1.54) is 23.1 Å². The van der Waals surface area contributed by atoms with E-state index in [1.54, 1.807) is 6.07 Å². The van der Waals surface area contributed by atoms with Crippen LogP contribution in [0.3, 0.4) is 0 Å². The second-order valence-corrected chi connectivity index (χ2v) is 8.93. The normalized spacial score (nSPS) is 13.5. The Hall–Kier alpha value is -4.12. The molecule has 1 heterocycles. The summed E-state index contributed by atoms with van der Waals surface area (Å²) in [7, 11) is 1.93. The van der Waals surface area contributed by atoms with E-state index in [4.69, 9.17) is 10.4 Å². The Morgan fingerprint density at radius 2 is 1.97 bits per heavy atom. The van der Waals surface area contributed by atoms with Gasteiger partial charge in [0.1, 0.15) is 17.3 Å². The maximum atomic E-state index is 11.1. The van der Waals surface area contributed by atoms with E-state index in [0.29, 0.717) is 0 Å². The molecule has 1 aliphatic carbocycles. The van der Waals surface area contributed by atoms with Crippen molar-refractivity contribution in [1.29, 1.82) is 5.26 Å². The number of hydrogen-bond acceptors (Lipinski definition) is 5. The lowest BCUT2D eigenvalue weighted by molar-refractivity contribution is -0.254. The maximum absolute atomic E-state index is 11.1. The molecule has 1 aromatic heterocycles. The molecule has 170 valence electrons. The Balaban J connectivity index is 1.68. The lowest BCUT2D eigenvalue weighted by atomic mass is 10.0. The SMILES string of the molecule is CNC1=CCCC(N(c2ccc(-c3ccc(C=C(C#N)C(=O)O)s3)cc2)c2cccc([NH3+])c2)=C1. The molecule has 0 saturated heterocycles. The van der Waals surface area contributed by atoms with Crippen LogP contribution in [0.15, 0.2) is 89.8 Å². The summed E-state index contributed by atoms with van der Waals surface area (Å²) >= 11 is 1.45. The Kier molecular flexibility index (Phi) is 6.93. The summed E-state index contributed by atoms with van der Waals surface area (Å²) in [6.07, 6.45) is 7.68. The Morgan fingerprint density at radius 1 is 1.18 bits per heavy atom. The predicted molar refractivity (Wildman–Crippen MR) is 137 cm³/mol. The monoisotopic (exact) mass is 469 g/mol. The Morgan fingerprint density at radius 3 is 2.65 bits per heavy atom. The molecule has 3 aromatic rings. The summed E-state index contributed by atoms with van der Waals surface area (Å²) in [6, 6.07) is 22.0. The first-order valence-corrected chi connectivity index (χ1v) is 11.7. The molecular weight excluding hydrogens is 444 g/mol. The number of quaternary nitrogens is 1. The molecule has 5 N–H and O–H groups in total. The van der Waals surface area contributed by atoms with E-state index >= 15 is 0 Å². The number of likely N-dealkylation sites (N-methyl/N-ethyl adjacent to an activating group) is 1. The third kappa shape index (κ3) is 5.09. The number of nitriles is 1. The van der Waals surface area contributed by atoms with Gasteiger partial charge >= 0.3 is 5.97 Å². The van der Waals surface area contributed by atoms with Crippen LogP contribution in [0.1, 0.15) is 17.7 Å². The van der Waals surface area contributed by atoms with Crippen molar-refractivity contribution in [2.75, 3.05) is 11.9 Å². The van der Waals surface area contributed by atoms with E-state index in [0.717, 1.165) is 50.9 Å². The summed E-state index contributed by atoms with van der Waals surface area (Å²) in [5, 5.41) is 21.3. The standard InChI is InChI=1S/C27H24N4O2S/c1-30-21-5-3-7-24(16-21)31(23-6-2-4-20(29)15-23)22-10-8-18(9-11-22)26-13-12-25(34-26)14-19(17-28)27(32)33/h2,4-6,8-16,30H,3,7,29H2,1H3,(H,32,33)/p+1. The number of allylic oxidation sites excluding steroid dienone is 3. The lowest BCUT2D eigenvalue weighted by Gasteiger charge is -2.30. The fourth-order valence-electron chi connectivity index (χ4n) is 3.86. The number of anilines is 2. The summed E-state index contributed by atoms with van der Waals surface area (Å²) in [4.78, 5) is 15.1. The first-order chi connectivity index (χ1) is 16.5. The van der Waals surface area contributed by atoms with E-state index in [2.05, 4.69) is 64.5 Å². The lowest BCUT2D eigenvalue weighted by Crippen LogP contribution is -2.40. The van der Waals surface area contributed by atoms with Gasteiger partial charge in [-0.1, -0.05) is 24.3 Å². The zero-order valence-electron chi connectivity index (χ0n) is 18.8. The van der Waals surface area contributed by atoms with Crippen molar-refractivity contribution in [2.45, 2.75) is 12.8 Å². The summed E-state index contributed by atoms with van der Waals surface area (Å²) in [5.74, 6) is -1.22. The summed E-state index contributed by atoms with van der Waals surface area (Å²) in [6.45, 7) is 0. The molecule has 0 fully saturated rings. The number of carboxylic acid groups (broad SMARTS) is 1. The number of nitrogens with zero attached hydrogens (tertiary/aromatic N) is 2. The van der Waals surface area contributed by atoms with Crippen molar-refractivity contribution in [3.63, 3.8) is 0 Å². The topological polar surface area (TPSA) is 104 Å². The van der Waals surface area contributed by atoms with Gasteiger partial charge in [-0.25, -0.2) is 4.79 Å². The number of rotatable bonds is 7. The molecular formula is C27H25N4O2S+. The third-order valence-electron chi connectivity index (χ3n) is 5.51. The number of benzene rings is 2. The molecule has 0 unspecified atom stereocenters. The first kappa shape index (κ1) is 23.1. The second kappa shape index (κ2) is 10.2. The molecule has 6 nitrogen and oxygen atoms in total. The van der Waals surface area contributed by atoms with E-state index in [-0.39, 0.29) is 5.57 Å². The zero-order valence-corrected chi connectivity index (χ0v) is 19.6. The maximum Gasteiger partial charge on any atom is 0.346 e. The molecule has 0 spiro atoms. The highest BCUT2D eigenvalue weighted by Gasteiger charge is 2.18. The molecule has 0 aliphatic heterocycles. The minimum atomic E-state index is -1.22. The van der Waals surface area contributed by atoms with Gasteiger partial charge in [0, 0.05) is 39.9 Å². The van der Waals surface area contributed by atoms with Crippen LogP contribution in [-0.4, -0.2) is 18.1 Å². The van der Waals surface area contributed by atoms with Crippen LogP contribution in [0.5, 0.6) is 0 Å². The Labute approximate surface area is 202 Å². The van der Waals surface area contributed by atoms with Crippen molar-refractivity contribution < 1.29 is 15.6 Å². The second-order valence-electron chi connectivity index (χ2n) is 7.81. The molecule has 0 amide bonds. The van der Waals surface area contributed by atoms with Crippen molar-refractivity contribution in [2.24, 2.45) is 0 Å². The fraction of sp³-hybridized carbons (Fsp3) is 0.111. The van der Waals surface area contributed by atoms with Gasteiger partial charge in [-0.3, -0.25) is 0 Å². The summed E-state index contributed by atoms with van der Waals surface area (Å²) in [5.41, 5.74) is 10.2. The molecule has 34 heavy (non-hydrogen) atoms. The highest BCUT2D eigenvalue weighted by atomic mass is 32.1. The third-order valence-corrected chi connectivity index (χ3v) is 6.59. The van der Waals surface area contributed by atoms with Crippen molar-refractivity contribution in [3.8, 4) is 16.5 Å². The van der Waals surface area contributed by atoms with Crippen molar-refractivity contribution in [3.05, 3.63) is 94.7 Å². The number of hydrogen-bond donors (Lipinski definition) is 3. The van der Waals surface area contributed by atoms with Gasteiger partial charge < -0.3 is 21.1 Å². The first-order valence-electron chi connectivity index (χ1n) is 10.8. The van der Waals surface area contributed by atoms with E-state index in [1.807, 2.05) is 31.3 Å². The van der Waals surface area contributed by atoms with Gasteiger partial charge in [0.05, 0.1) is 5.69 Å². The van der Waals surface area contributed by atoms with Crippen LogP contribution in [0.4, 0.5) is 17.1 Å². The highest BCUT2D eigenvalue weighted by molar-refractivity contribution is 7.16. The van der Waals surface area contributed by atoms with Gasteiger partial charge in [0.2, 0.25) is 0 Å². The van der Waals surface area contributed by atoms with Crippen LogP contribution >= 0.6 is 11.3 Å². The fourth-order valence-corrected chi connectivity index (χ4v) is 4.81. The molecule has 0 saturated carbocycles. The quantitative estimate of drug-likeness (QED) is 0.326. The van der Waals surface area contributed by atoms with E-state index in [9.17, 15) is 4.79 Å². The molecule has 2 aromatic carbocycles. The van der Waals surface area contributed by atoms with Gasteiger partial charge in [-0.05, 0) is 67.0 Å².